The summed E-state index contributed by atoms with van der Waals surface area (Å²) in [6.07, 6.45) is 9.52. The molecule has 1 aromatic heterocycles. The molecule has 1 aliphatic rings. The number of nitrogens with zero attached hydrogens (tertiary/aromatic N) is 2. The molecule has 3 nitrogen and oxygen atoms in total. The van der Waals surface area contributed by atoms with Crippen molar-refractivity contribution in [1.82, 2.24) is 9.97 Å². The third-order valence-electron chi connectivity index (χ3n) is 8.17. The molecule has 0 unspecified atom stereocenters. The Labute approximate surface area is 247 Å². The lowest BCUT2D eigenvalue weighted by atomic mass is 9.77. The lowest BCUT2D eigenvalue weighted by molar-refractivity contribution is -0.187. The summed E-state index contributed by atoms with van der Waals surface area (Å²) in [5.74, 6) is -5.66. The molecule has 0 bridgehead atoms. The van der Waals surface area contributed by atoms with Crippen LogP contribution < -0.4 is 4.74 Å². The Balaban J connectivity index is 1.23. The average molecular weight is 599 g/mol. The maximum absolute atomic E-state index is 14.8. The number of unbranched alkanes of at least 4 members (excludes halogenated alkanes) is 2. The molecule has 9 heteroatoms. The molecule has 43 heavy (non-hydrogen) atoms. The summed E-state index contributed by atoms with van der Waals surface area (Å²) in [4.78, 5) is 9.15. The third kappa shape index (κ3) is 7.20. The summed E-state index contributed by atoms with van der Waals surface area (Å²) in [7, 11) is 0. The van der Waals surface area contributed by atoms with Crippen molar-refractivity contribution in [3.05, 3.63) is 101 Å². The molecule has 1 heterocycles. The van der Waals surface area contributed by atoms with Crippen molar-refractivity contribution in [2.24, 2.45) is 5.92 Å². The summed E-state index contributed by atoms with van der Waals surface area (Å²) >= 11 is 0. The first kappa shape index (κ1) is 30.6. The summed E-state index contributed by atoms with van der Waals surface area (Å²) in [6.45, 7) is 2.23. The zero-order valence-electron chi connectivity index (χ0n) is 23.7. The van der Waals surface area contributed by atoms with E-state index in [1.54, 1.807) is 24.3 Å². The number of ether oxygens (including phenoxy) is 1. The average Bonchev–Trinajstić information content (AvgIpc) is 3.00. The van der Waals surface area contributed by atoms with Crippen molar-refractivity contribution >= 4 is 0 Å². The number of halogens is 6. The van der Waals surface area contributed by atoms with Gasteiger partial charge in [-0.3, -0.25) is 0 Å². The first-order valence-electron chi connectivity index (χ1n) is 14.6. The van der Waals surface area contributed by atoms with Gasteiger partial charge in [0.2, 0.25) is 0 Å². The quantitative estimate of drug-likeness (QED) is 0.104. The van der Waals surface area contributed by atoms with Crippen molar-refractivity contribution in [1.29, 1.82) is 0 Å². The van der Waals surface area contributed by atoms with E-state index in [0.717, 1.165) is 42.0 Å². The van der Waals surface area contributed by atoms with E-state index in [1.807, 2.05) is 12.4 Å². The van der Waals surface area contributed by atoms with E-state index in [-0.39, 0.29) is 12.1 Å². The minimum Gasteiger partial charge on any atom is -0.429 e. The van der Waals surface area contributed by atoms with Crippen LogP contribution >= 0.6 is 0 Å². The van der Waals surface area contributed by atoms with Gasteiger partial charge in [-0.05, 0) is 66.3 Å². The first-order valence-corrected chi connectivity index (χ1v) is 14.6. The molecule has 226 valence electrons. The van der Waals surface area contributed by atoms with E-state index in [4.69, 9.17) is 0 Å². The first-order chi connectivity index (χ1) is 20.6. The third-order valence-corrected chi connectivity index (χ3v) is 8.17. The number of alkyl halides is 2. The molecule has 1 fully saturated rings. The molecule has 3 aromatic carbocycles. The number of aromatic nitrogens is 2. The van der Waals surface area contributed by atoms with Gasteiger partial charge in [-0.2, -0.15) is 8.78 Å². The molecule has 0 saturated heterocycles. The van der Waals surface area contributed by atoms with Crippen LogP contribution in [-0.2, 0) is 6.11 Å². The summed E-state index contributed by atoms with van der Waals surface area (Å²) < 4.78 is 88.4. The molecular formula is C34H32F6N2O. The predicted molar refractivity (Wildman–Crippen MR) is 153 cm³/mol. The van der Waals surface area contributed by atoms with E-state index in [0.29, 0.717) is 22.9 Å². The van der Waals surface area contributed by atoms with Crippen LogP contribution in [0.25, 0.3) is 22.5 Å². The normalized spacial score (nSPS) is 17.2. The molecular weight excluding hydrogens is 566 g/mol. The van der Waals surface area contributed by atoms with E-state index < -0.39 is 40.7 Å². The highest BCUT2D eigenvalue weighted by atomic mass is 19.3. The molecule has 0 atom stereocenters. The van der Waals surface area contributed by atoms with Gasteiger partial charge in [-0.1, -0.05) is 62.9 Å². The SMILES string of the molecule is CCCCCC1CCC(c2cnc(-c3ccc(-c4ccc(C(F)(F)Oc5cc(F)c(F)c(F)c5)c(F)c4)cc3)nc2)CC1. The van der Waals surface area contributed by atoms with Gasteiger partial charge in [0.15, 0.2) is 23.3 Å². The van der Waals surface area contributed by atoms with Crippen molar-refractivity contribution < 1.29 is 31.1 Å². The zero-order valence-corrected chi connectivity index (χ0v) is 23.7. The number of hydrogen-bond acceptors (Lipinski definition) is 3. The van der Waals surface area contributed by atoms with Gasteiger partial charge in [0.1, 0.15) is 11.6 Å². The van der Waals surface area contributed by atoms with Crippen LogP contribution in [0.5, 0.6) is 5.75 Å². The fourth-order valence-corrected chi connectivity index (χ4v) is 5.70. The topological polar surface area (TPSA) is 35.0 Å². The molecule has 0 amide bonds. The standard InChI is InChI=1S/C34H32F6N2O/c1-2-3-4-5-21-6-8-23(9-7-21)26-19-41-33(42-20-26)24-12-10-22(11-13-24)25-14-15-28(29(35)16-25)34(39,40)43-27-17-30(36)32(38)31(37)18-27/h10-21,23H,2-9H2,1H3. The Morgan fingerprint density at radius 2 is 1.35 bits per heavy atom. The Morgan fingerprint density at radius 3 is 1.95 bits per heavy atom. The monoisotopic (exact) mass is 598 g/mol. The van der Waals surface area contributed by atoms with Crippen LogP contribution in [0.3, 0.4) is 0 Å². The second-order valence-electron chi connectivity index (χ2n) is 11.1. The van der Waals surface area contributed by atoms with Crippen LogP contribution in [0.1, 0.15) is 75.3 Å². The fourth-order valence-electron chi connectivity index (χ4n) is 5.70. The molecule has 4 aromatic rings. The van der Waals surface area contributed by atoms with Crippen LogP contribution in [0.4, 0.5) is 26.3 Å². The lowest BCUT2D eigenvalue weighted by Gasteiger charge is -2.28. The van der Waals surface area contributed by atoms with Gasteiger partial charge in [-0.25, -0.2) is 27.5 Å². The van der Waals surface area contributed by atoms with Crippen molar-refractivity contribution in [3.63, 3.8) is 0 Å². The molecule has 0 radical (unpaired) electrons. The highest BCUT2D eigenvalue weighted by molar-refractivity contribution is 5.68. The zero-order chi connectivity index (χ0) is 30.6. The summed E-state index contributed by atoms with van der Waals surface area (Å²) in [5.41, 5.74) is 1.65. The maximum Gasteiger partial charge on any atom is 0.429 e. The van der Waals surface area contributed by atoms with E-state index in [2.05, 4.69) is 21.6 Å². The van der Waals surface area contributed by atoms with Crippen molar-refractivity contribution in [2.45, 2.75) is 70.3 Å². The van der Waals surface area contributed by atoms with Crippen LogP contribution in [0.2, 0.25) is 0 Å². The molecule has 0 spiro atoms. The second kappa shape index (κ2) is 13.2. The highest BCUT2D eigenvalue weighted by Gasteiger charge is 2.38. The van der Waals surface area contributed by atoms with E-state index in [9.17, 15) is 26.3 Å². The Kier molecular flexibility index (Phi) is 9.37. The minimum absolute atomic E-state index is 0.262. The minimum atomic E-state index is -4.28. The Hall–Kier alpha value is -3.88. The Bertz CT molecular complexity index is 1510. The van der Waals surface area contributed by atoms with Gasteiger partial charge in [0.25, 0.3) is 0 Å². The van der Waals surface area contributed by atoms with Crippen LogP contribution in [0.15, 0.2) is 67.0 Å². The second-order valence-corrected chi connectivity index (χ2v) is 11.1. The van der Waals surface area contributed by atoms with E-state index in [1.165, 1.54) is 44.6 Å². The van der Waals surface area contributed by atoms with Gasteiger partial charge in [0, 0.05) is 30.1 Å². The maximum atomic E-state index is 14.8. The summed E-state index contributed by atoms with van der Waals surface area (Å²) in [6, 6.07) is 10.5. The molecule has 0 N–H and O–H groups in total. The summed E-state index contributed by atoms with van der Waals surface area (Å²) in [5, 5.41) is 0. The van der Waals surface area contributed by atoms with Crippen molar-refractivity contribution in [3.8, 4) is 28.3 Å². The van der Waals surface area contributed by atoms with Gasteiger partial charge in [0.05, 0.1) is 5.56 Å². The molecule has 0 aliphatic heterocycles. The van der Waals surface area contributed by atoms with Crippen LogP contribution in [0, 0.1) is 29.2 Å². The number of hydrogen-bond donors (Lipinski definition) is 0. The van der Waals surface area contributed by atoms with Crippen LogP contribution in [-0.4, -0.2) is 9.97 Å². The number of rotatable bonds is 10. The molecule has 5 rings (SSSR count). The Morgan fingerprint density at radius 1 is 0.744 bits per heavy atom. The highest BCUT2D eigenvalue weighted by Crippen LogP contribution is 2.38. The predicted octanol–water partition coefficient (Wildman–Crippen LogP) is 10.3. The van der Waals surface area contributed by atoms with Gasteiger partial charge >= 0.3 is 6.11 Å². The smallest absolute Gasteiger partial charge is 0.429 e. The largest absolute Gasteiger partial charge is 0.429 e. The van der Waals surface area contributed by atoms with E-state index >= 15 is 0 Å². The van der Waals surface area contributed by atoms with Gasteiger partial charge < -0.3 is 4.74 Å². The van der Waals surface area contributed by atoms with Gasteiger partial charge in [-0.15, -0.1) is 0 Å². The lowest BCUT2D eigenvalue weighted by Crippen LogP contribution is -2.23. The fraction of sp³-hybridized carbons (Fsp3) is 0.353. The number of benzene rings is 3. The van der Waals surface area contributed by atoms with Crippen molar-refractivity contribution in [2.75, 3.05) is 0 Å². The molecule has 1 aliphatic carbocycles. The molecule has 1 saturated carbocycles.